The van der Waals surface area contributed by atoms with Gasteiger partial charge in [0.15, 0.2) is 6.61 Å². The zero-order valence-electron chi connectivity index (χ0n) is 21.2. The Kier molecular flexibility index (Phi) is 7.43. The van der Waals surface area contributed by atoms with Gasteiger partial charge in [0.25, 0.3) is 11.6 Å². The first-order valence-electron chi connectivity index (χ1n) is 13.0. The van der Waals surface area contributed by atoms with E-state index in [1.165, 1.54) is 50.1 Å². The van der Waals surface area contributed by atoms with E-state index in [1.807, 2.05) is 0 Å². The number of nitro benzene ring substituents is 1. The summed E-state index contributed by atoms with van der Waals surface area (Å²) in [5.41, 5.74) is 0.694. The second-order valence-electron chi connectivity index (χ2n) is 10.9. The molecule has 38 heavy (non-hydrogen) atoms. The summed E-state index contributed by atoms with van der Waals surface area (Å²) in [5, 5.41) is 17.0. The number of rotatable bonds is 9. The first-order chi connectivity index (χ1) is 18.2. The van der Waals surface area contributed by atoms with Crippen molar-refractivity contribution in [1.82, 2.24) is 5.32 Å². The van der Waals surface area contributed by atoms with E-state index in [1.54, 1.807) is 30.3 Å². The summed E-state index contributed by atoms with van der Waals surface area (Å²) in [6.07, 6.45) is 7.16. The maximum Gasteiger partial charge on any atom is 0.339 e. The first-order valence-corrected chi connectivity index (χ1v) is 13.9. The molecular weight excluding hydrogens is 506 g/mol. The van der Waals surface area contributed by atoms with Crippen molar-refractivity contribution < 1.29 is 24.0 Å². The van der Waals surface area contributed by atoms with Crippen LogP contribution in [0.4, 0.5) is 11.4 Å². The number of nitrogens with zero attached hydrogens (tertiary/aromatic N) is 1. The zero-order valence-corrected chi connectivity index (χ0v) is 22.1. The van der Waals surface area contributed by atoms with Crippen molar-refractivity contribution >= 4 is 40.9 Å². The Morgan fingerprint density at radius 1 is 1.00 bits per heavy atom. The molecule has 9 nitrogen and oxygen atoms in total. The highest BCUT2D eigenvalue weighted by Crippen LogP contribution is 2.55. The van der Waals surface area contributed by atoms with Crippen LogP contribution in [0.5, 0.6) is 0 Å². The lowest BCUT2D eigenvalue weighted by Gasteiger charge is -2.56. The minimum atomic E-state index is -0.680. The minimum Gasteiger partial charge on any atom is -0.452 e. The molecule has 2 N–H and O–H groups in total. The summed E-state index contributed by atoms with van der Waals surface area (Å²) in [6.45, 7) is 0.985. The van der Waals surface area contributed by atoms with Crippen molar-refractivity contribution in [3.63, 3.8) is 0 Å². The molecule has 0 spiro atoms. The third kappa shape index (κ3) is 5.70. The topological polar surface area (TPSA) is 128 Å². The van der Waals surface area contributed by atoms with E-state index in [4.69, 9.17) is 4.74 Å². The molecule has 6 rings (SSSR count). The number of carbonyl (C=O) groups excluding carboxylic acids is 3. The molecule has 0 saturated heterocycles. The Bertz CT molecular complexity index is 1240. The fraction of sp³-hybridized carbons (Fsp3) is 0.464. The molecule has 0 atom stereocenters. The molecule has 0 aromatic heterocycles. The van der Waals surface area contributed by atoms with E-state index < -0.39 is 23.4 Å². The number of nitro groups is 1. The zero-order chi connectivity index (χ0) is 26.9. The summed E-state index contributed by atoms with van der Waals surface area (Å²) >= 11 is 1.28. The van der Waals surface area contributed by atoms with Gasteiger partial charge in [-0.25, -0.2) is 4.79 Å². The van der Waals surface area contributed by atoms with E-state index in [0.29, 0.717) is 10.5 Å². The standard InChI is InChI=1S/C28H31N3O6S/c1-17-22(6-4-7-23(17)31(35)36)29-25(32)15-37-27(34)21-5-2-3-8-24(21)38-16-26(33)30-28-12-18-9-19(13-28)11-20(10-18)14-28/h2-8,18-20H,9-16H2,1H3,(H,29,32)(H,30,33). The Balaban J connectivity index is 1.14. The van der Waals surface area contributed by atoms with Crippen LogP contribution in [0.25, 0.3) is 0 Å². The van der Waals surface area contributed by atoms with Crippen LogP contribution in [-0.2, 0) is 14.3 Å². The smallest absolute Gasteiger partial charge is 0.339 e. The molecule has 0 heterocycles. The lowest BCUT2D eigenvalue weighted by atomic mass is 9.53. The normalized spacial score (nSPS) is 25.0. The molecule has 10 heteroatoms. The van der Waals surface area contributed by atoms with Crippen LogP contribution in [-0.4, -0.2) is 40.6 Å². The number of esters is 1. The van der Waals surface area contributed by atoms with Gasteiger partial charge in [-0.15, -0.1) is 11.8 Å². The van der Waals surface area contributed by atoms with E-state index in [-0.39, 0.29) is 34.1 Å². The lowest BCUT2D eigenvalue weighted by molar-refractivity contribution is -0.385. The van der Waals surface area contributed by atoms with E-state index in [2.05, 4.69) is 10.6 Å². The highest BCUT2D eigenvalue weighted by Gasteiger charge is 2.51. The summed E-state index contributed by atoms with van der Waals surface area (Å²) in [7, 11) is 0. The Morgan fingerprint density at radius 2 is 1.66 bits per heavy atom. The van der Waals surface area contributed by atoms with Gasteiger partial charge >= 0.3 is 5.97 Å². The van der Waals surface area contributed by atoms with Gasteiger partial charge in [-0.1, -0.05) is 18.2 Å². The van der Waals surface area contributed by atoms with Crippen LogP contribution in [0, 0.1) is 34.8 Å². The number of amides is 2. The van der Waals surface area contributed by atoms with Crippen molar-refractivity contribution in [3.05, 3.63) is 63.7 Å². The predicted octanol–water partition coefficient (Wildman–Crippen LogP) is 4.88. The second kappa shape index (κ2) is 10.8. The van der Waals surface area contributed by atoms with E-state index >= 15 is 0 Å². The number of thioether (sulfide) groups is 1. The minimum absolute atomic E-state index is 0.0215. The predicted molar refractivity (Wildman–Crippen MR) is 143 cm³/mol. The Labute approximate surface area is 225 Å². The molecule has 200 valence electrons. The number of ether oxygens (including phenoxy) is 1. The second-order valence-corrected chi connectivity index (χ2v) is 11.9. The molecule has 2 aromatic carbocycles. The monoisotopic (exact) mass is 537 g/mol. The molecule has 2 amide bonds. The van der Waals surface area contributed by atoms with Crippen LogP contribution in [0.2, 0.25) is 0 Å². The van der Waals surface area contributed by atoms with Gasteiger partial charge in [0.2, 0.25) is 5.91 Å². The molecular formula is C28H31N3O6S. The quantitative estimate of drug-likeness (QED) is 0.202. The van der Waals surface area contributed by atoms with Crippen LogP contribution in [0.15, 0.2) is 47.4 Å². The van der Waals surface area contributed by atoms with E-state index in [0.717, 1.165) is 37.0 Å². The van der Waals surface area contributed by atoms with Crippen molar-refractivity contribution in [2.45, 2.75) is 55.9 Å². The maximum absolute atomic E-state index is 12.9. The Hall–Kier alpha value is -3.40. The number of benzene rings is 2. The number of hydrogen-bond donors (Lipinski definition) is 2. The third-order valence-electron chi connectivity index (χ3n) is 8.02. The largest absolute Gasteiger partial charge is 0.452 e. The molecule has 4 fully saturated rings. The van der Waals surface area contributed by atoms with Gasteiger partial charge in [-0.2, -0.15) is 0 Å². The van der Waals surface area contributed by atoms with Crippen LogP contribution < -0.4 is 10.6 Å². The number of anilines is 1. The lowest BCUT2D eigenvalue weighted by Crippen LogP contribution is -2.60. The molecule has 0 aliphatic heterocycles. The van der Waals surface area contributed by atoms with Crippen molar-refractivity contribution in [2.75, 3.05) is 17.7 Å². The third-order valence-corrected chi connectivity index (χ3v) is 9.09. The highest BCUT2D eigenvalue weighted by atomic mass is 32.2. The molecule has 4 aliphatic carbocycles. The van der Waals surface area contributed by atoms with E-state index in [9.17, 15) is 24.5 Å². The fourth-order valence-corrected chi connectivity index (χ4v) is 7.69. The number of carbonyl (C=O) groups is 3. The SMILES string of the molecule is Cc1c(NC(=O)COC(=O)c2ccccc2SCC(=O)NC23CC4CC(CC(C4)C2)C3)cccc1[N+](=O)[O-]. The summed E-state index contributed by atoms with van der Waals surface area (Å²) in [6, 6.07) is 11.2. The maximum atomic E-state index is 12.9. The van der Waals surface area contributed by atoms with Gasteiger partial charge < -0.3 is 15.4 Å². The highest BCUT2D eigenvalue weighted by molar-refractivity contribution is 8.00. The van der Waals surface area contributed by atoms with Gasteiger partial charge in [-0.05, 0) is 81.4 Å². The molecule has 0 unspecified atom stereocenters. The number of hydrogen-bond acceptors (Lipinski definition) is 7. The van der Waals surface area contributed by atoms with Crippen molar-refractivity contribution in [2.24, 2.45) is 17.8 Å². The molecule has 4 aliphatic rings. The number of nitrogens with one attached hydrogen (secondary N) is 2. The van der Waals surface area contributed by atoms with Gasteiger partial charge in [0.05, 0.1) is 27.5 Å². The van der Waals surface area contributed by atoms with Crippen LogP contribution in [0.3, 0.4) is 0 Å². The average Bonchev–Trinajstić information content (AvgIpc) is 2.86. The first kappa shape index (κ1) is 26.2. The fourth-order valence-electron chi connectivity index (χ4n) is 6.85. The summed E-state index contributed by atoms with van der Waals surface area (Å²) in [5.74, 6) is 1.10. The van der Waals surface area contributed by atoms with Crippen molar-refractivity contribution in [3.8, 4) is 0 Å². The Morgan fingerprint density at radius 3 is 2.32 bits per heavy atom. The molecule has 4 saturated carbocycles. The average molecular weight is 538 g/mol. The van der Waals surface area contributed by atoms with Gasteiger partial charge in [0.1, 0.15) is 0 Å². The molecule has 2 aromatic rings. The summed E-state index contributed by atoms with van der Waals surface area (Å²) in [4.78, 5) is 49.3. The van der Waals surface area contributed by atoms with Crippen LogP contribution in [0.1, 0.15) is 54.4 Å². The molecule has 4 bridgehead atoms. The van der Waals surface area contributed by atoms with Crippen molar-refractivity contribution in [1.29, 1.82) is 0 Å². The van der Waals surface area contributed by atoms with Gasteiger partial charge in [-0.3, -0.25) is 19.7 Å². The van der Waals surface area contributed by atoms with Gasteiger partial charge in [0, 0.05) is 16.5 Å². The molecule has 0 radical (unpaired) electrons. The summed E-state index contributed by atoms with van der Waals surface area (Å²) < 4.78 is 5.22. The van der Waals surface area contributed by atoms with Crippen LogP contribution >= 0.6 is 11.8 Å².